The zero-order chi connectivity index (χ0) is 29.6. The number of rotatable bonds is 7. The predicted octanol–water partition coefficient (Wildman–Crippen LogP) is 5.29. The number of hydrogen-bond donors (Lipinski definition) is 1. The summed E-state index contributed by atoms with van der Waals surface area (Å²) in [5.74, 6) is -1.54. The van der Waals surface area contributed by atoms with Gasteiger partial charge in [0.15, 0.2) is 0 Å². The van der Waals surface area contributed by atoms with Gasteiger partial charge in [0.05, 0.1) is 29.4 Å². The van der Waals surface area contributed by atoms with Crippen molar-refractivity contribution in [1.82, 2.24) is 30.0 Å². The van der Waals surface area contributed by atoms with Gasteiger partial charge in [0.2, 0.25) is 5.88 Å². The molecule has 1 aromatic carbocycles. The fourth-order valence-corrected chi connectivity index (χ4v) is 5.08. The largest absolute Gasteiger partial charge is 0.480 e. The summed E-state index contributed by atoms with van der Waals surface area (Å²) < 4.78 is 34.8. The number of methoxy groups -OCH3 is 1. The maximum absolute atomic E-state index is 14.2. The third kappa shape index (κ3) is 4.72. The van der Waals surface area contributed by atoms with E-state index in [0.29, 0.717) is 27.9 Å². The Bertz CT molecular complexity index is 1830. The van der Waals surface area contributed by atoms with Crippen molar-refractivity contribution in [2.45, 2.75) is 25.3 Å². The van der Waals surface area contributed by atoms with Gasteiger partial charge in [-0.3, -0.25) is 14.6 Å². The molecule has 1 fully saturated rings. The summed E-state index contributed by atoms with van der Waals surface area (Å²) in [5, 5.41) is 7.59. The van der Waals surface area contributed by atoms with Crippen LogP contribution in [0.1, 0.15) is 44.9 Å². The summed E-state index contributed by atoms with van der Waals surface area (Å²) in [6.07, 6.45) is 4.86. The Morgan fingerprint density at radius 3 is 2.48 bits per heavy atom. The SMILES string of the molecule is COc1nc(C)c(-c2ccn3nc(-c4ccc(F)cc4)c(C(=O)N(C)F)c3c2)cc1C(=O)NC1(c2ccccn2)CC1. The third-order valence-electron chi connectivity index (χ3n) is 7.43. The molecule has 1 N–H and O–H groups in total. The Kier molecular flexibility index (Phi) is 6.64. The summed E-state index contributed by atoms with van der Waals surface area (Å²) in [5.41, 5.74) is 3.29. The predicted molar refractivity (Wildman–Crippen MR) is 151 cm³/mol. The summed E-state index contributed by atoms with van der Waals surface area (Å²) in [6, 6.07) is 16.2. The maximum atomic E-state index is 14.2. The molecule has 1 aliphatic carbocycles. The van der Waals surface area contributed by atoms with Crippen LogP contribution in [0.3, 0.4) is 0 Å². The van der Waals surface area contributed by atoms with Crippen molar-refractivity contribution in [3.63, 3.8) is 0 Å². The van der Waals surface area contributed by atoms with Gasteiger partial charge in [-0.25, -0.2) is 13.9 Å². The topological polar surface area (TPSA) is 102 Å². The lowest BCUT2D eigenvalue weighted by molar-refractivity contribution is 0.0346. The van der Waals surface area contributed by atoms with E-state index in [-0.39, 0.29) is 33.7 Å². The number of amides is 2. The number of aryl methyl sites for hydroxylation is 1. The highest BCUT2D eigenvalue weighted by Crippen LogP contribution is 2.45. The second kappa shape index (κ2) is 10.3. The molecule has 2 amide bonds. The van der Waals surface area contributed by atoms with Crippen molar-refractivity contribution < 1.29 is 23.2 Å². The lowest BCUT2D eigenvalue weighted by Gasteiger charge is -2.19. The maximum Gasteiger partial charge on any atom is 0.285 e. The molecule has 212 valence electrons. The van der Waals surface area contributed by atoms with Crippen LogP contribution in [-0.2, 0) is 5.54 Å². The van der Waals surface area contributed by atoms with Crippen LogP contribution in [0.25, 0.3) is 27.9 Å². The van der Waals surface area contributed by atoms with Gasteiger partial charge < -0.3 is 10.1 Å². The van der Waals surface area contributed by atoms with Crippen molar-refractivity contribution in [1.29, 1.82) is 0 Å². The molecule has 9 nitrogen and oxygen atoms in total. The fraction of sp³-hybridized carbons (Fsp3) is 0.194. The van der Waals surface area contributed by atoms with Crippen molar-refractivity contribution in [2.75, 3.05) is 14.2 Å². The normalized spacial score (nSPS) is 13.5. The molecule has 11 heteroatoms. The quantitative estimate of drug-likeness (QED) is 0.268. The van der Waals surface area contributed by atoms with E-state index < -0.39 is 17.3 Å². The minimum absolute atomic E-state index is 0.0107. The number of nitrogens with one attached hydrogen (secondary N) is 1. The Morgan fingerprint density at radius 1 is 1.07 bits per heavy atom. The van der Waals surface area contributed by atoms with Crippen molar-refractivity contribution in [3.05, 3.63) is 101 Å². The number of aromatic nitrogens is 4. The van der Waals surface area contributed by atoms with Gasteiger partial charge in [0, 0.05) is 36.3 Å². The minimum Gasteiger partial charge on any atom is -0.480 e. The van der Waals surface area contributed by atoms with E-state index in [4.69, 9.17) is 4.74 Å². The fourth-order valence-electron chi connectivity index (χ4n) is 5.08. The van der Waals surface area contributed by atoms with E-state index in [1.807, 2.05) is 18.2 Å². The summed E-state index contributed by atoms with van der Waals surface area (Å²) in [7, 11) is 2.45. The third-order valence-corrected chi connectivity index (χ3v) is 7.43. The number of fused-ring (bicyclic) bond motifs is 1. The van der Waals surface area contributed by atoms with Crippen LogP contribution < -0.4 is 10.1 Å². The number of ether oxygens (including phenoxy) is 1. The first kappa shape index (κ1) is 27.0. The molecule has 1 aliphatic rings. The molecule has 0 bridgehead atoms. The summed E-state index contributed by atoms with van der Waals surface area (Å²) >= 11 is 0. The van der Waals surface area contributed by atoms with Gasteiger partial charge in [-0.2, -0.15) is 10.2 Å². The first-order valence-electron chi connectivity index (χ1n) is 13.2. The van der Waals surface area contributed by atoms with Crippen LogP contribution in [0.2, 0.25) is 0 Å². The van der Waals surface area contributed by atoms with Gasteiger partial charge in [-0.15, -0.1) is 0 Å². The second-order valence-electron chi connectivity index (χ2n) is 10.2. The highest BCUT2D eigenvalue weighted by Gasteiger charge is 2.47. The number of carbonyl (C=O) groups excluding carboxylic acids is 2. The molecule has 0 aliphatic heterocycles. The van der Waals surface area contributed by atoms with E-state index in [2.05, 4.69) is 20.4 Å². The molecule has 4 heterocycles. The Hall–Kier alpha value is -5.19. The highest BCUT2D eigenvalue weighted by molar-refractivity contribution is 6.06. The van der Waals surface area contributed by atoms with Crippen LogP contribution in [-0.4, -0.2) is 50.7 Å². The van der Waals surface area contributed by atoms with Crippen LogP contribution >= 0.6 is 0 Å². The molecular formula is C31H26F2N6O3. The van der Waals surface area contributed by atoms with Crippen molar-refractivity contribution >= 4 is 17.3 Å². The van der Waals surface area contributed by atoms with Crippen LogP contribution in [0.15, 0.2) is 73.1 Å². The number of nitrogens with zero attached hydrogens (tertiary/aromatic N) is 5. The summed E-state index contributed by atoms with van der Waals surface area (Å²) in [6.45, 7) is 1.78. The number of pyridine rings is 3. The molecule has 0 atom stereocenters. The summed E-state index contributed by atoms with van der Waals surface area (Å²) in [4.78, 5) is 35.6. The number of hydrogen-bond acceptors (Lipinski definition) is 6. The minimum atomic E-state index is -0.907. The van der Waals surface area contributed by atoms with Gasteiger partial charge in [-0.1, -0.05) is 10.5 Å². The molecule has 0 unspecified atom stereocenters. The molecular weight excluding hydrogens is 542 g/mol. The molecule has 6 rings (SSSR count). The van der Waals surface area contributed by atoms with Gasteiger partial charge in [0.1, 0.15) is 17.1 Å². The van der Waals surface area contributed by atoms with Crippen molar-refractivity contribution in [2.24, 2.45) is 0 Å². The first-order chi connectivity index (χ1) is 20.2. The van der Waals surface area contributed by atoms with Crippen LogP contribution in [0, 0.1) is 12.7 Å². The Morgan fingerprint density at radius 2 is 1.83 bits per heavy atom. The zero-order valence-electron chi connectivity index (χ0n) is 23.1. The highest BCUT2D eigenvalue weighted by atomic mass is 19.2. The molecule has 4 aromatic heterocycles. The van der Waals surface area contributed by atoms with E-state index >= 15 is 0 Å². The molecule has 42 heavy (non-hydrogen) atoms. The van der Waals surface area contributed by atoms with Crippen LogP contribution in [0.4, 0.5) is 8.87 Å². The Balaban J connectivity index is 1.44. The lowest BCUT2D eigenvalue weighted by atomic mass is 10.0. The first-order valence-corrected chi connectivity index (χ1v) is 13.2. The second-order valence-corrected chi connectivity index (χ2v) is 10.2. The van der Waals surface area contributed by atoms with Gasteiger partial charge >= 0.3 is 0 Å². The molecule has 0 saturated heterocycles. The molecule has 1 saturated carbocycles. The van der Waals surface area contributed by atoms with E-state index in [0.717, 1.165) is 25.6 Å². The van der Waals surface area contributed by atoms with E-state index in [9.17, 15) is 18.5 Å². The van der Waals surface area contributed by atoms with Crippen LogP contribution in [0.5, 0.6) is 5.88 Å². The van der Waals surface area contributed by atoms with Crippen molar-refractivity contribution in [3.8, 4) is 28.3 Å². The van der Waals surface area contributed by atoms with E-state index in [1.165, 1.54) is 35.9 Å². The lowest BCUT2D eigenvalue weighted by Crippen LogP contribution is -2.35. The molecule has 0 spiro atoms. The monoisotopic (exact) mass is 568 g/mol. The smallest absolute Gasteiger partial charge is 0.285 e. The zero-order valence-corrected chi connectivity index (χ0v) is 23.1. The molecule has 5 aromatic rings. The van der Waals surface area contributed by atoms with E-state index in [1.54, 1.807) is 37.5 Å². The average molecular weight is 569 g/mol. The number of benzene rings is 1. The average Bonchev–Trinajstić information content (AvgIpc) is 3.68. The standard InChI is InChI=1S/C31H26F2N6O3/c1-18-22(17-23(29(35-18)42-3)28(40)36-31(12-13-31)25-6-4-5-14-34-25)20-11-15-39-24(16-20)26(30(41)38(2)33)27(37-39)19-7-9-21(32)10-8-19/h4-11,14-17H,12-13H2,1-3H3,(H,36,40). The number of carbonyl (C=O) groups is 2. The molecule has 0 radical (unpaired) electrons. The Labute approximate surface area is 239 Å². The van der Waals surface area contributed by atoms with Gasteiger partial charge in [0.25, 0.3) is 11.8 Å². The van der Waals surface area contributed by atoms with Gasteiger partial charge in [-0.05, 0) is 79.9 Å². The number of halogens is 2.